The maximum absolute atomic E-state index is 13.0. The van der Waals surface area contributed by atoms with Gasteiger partial charge in [0, 0.05) is 44.2 Å². The maximum atomic E-state index is 13.0. The molecule has 0 bridgehead atoms. The third-order valence-electron chi connectivity index (χ3n) is 4.18. The van der Waals surface area contributed by atoms with Gasteiger partial charge in [-0.05, 0) is 12.1 Å². The van der Waals surface area contributed by atoms with Gasteiger partial charge in [-0.3, -0.25) is 4.79 Å². The van der Waals surface area contributed by atoms with E-state index in [-0.39, 0.29) is 19.1 Å². The number of aliphatic hydroxyl groups excluding tert-OH is 1. The fourth-order valence-corrected chi connectivity index (χ4v) is 2.74. The molecular formula is C18H22N6O3. The first kappa shape index (κ1) is 18.6. The van der Waals surface area contributed by atoms with Crippen molar-refractivity contribution in [2.75, 3.05) is 20.3 Å². The minimum atomic E-state index is -0.197. The lowest BCUT2D eigenvalue weighted by molar-refractivity contribution is 0.0701. The molecule has 0 unspecified atom stereocenters. The molecule has 1 N–H and O–H groups in total. The van der Waals surface area contributed by atoms with Gasteiger partial charge in [-0.1, -0.05) is 12.1 Å². The van der Waals surface area contributed by atoms with Gasteiger partial charge in [0.2, 0.25) is 0 Å². The lowest BCUT2D eigenvalue weighted by atomic mass is 10.1. The summed E-state index contributed by atoms with van der Waals surface area (Å²) in [5.74, 6) is 1.02. The van der Waals surface area contributed by atoms with E-state index < -0.39 is 0 Å². The van der Waals surface area contributed by atoms with Crippen LogP contribution in [-0.2, 0) is 20.6 Å². The second-order valence-corrected chi connectivity index (χ2v) is 6.03. The number of imidazole rings is 1. The van der Waals surface area contributed by atoms with Gasteiger partial charge in [-0.15, -0.1) is 5.10 Å². The number of hydrogen-bond acceptors (Lipinski definition) is 6. The lowest BCUT2D eigenvalue weighted by Gasteiger charge is -2.21. The molecule has 9 nitrogen and oxygen atoms in total. The summed E-state index contributed by atoms with van der Waals surface area (Å²) < 4.78 is 8.52. The van der Waals surface area contributed by atoms with Crippen LogP contribution in [-0.4, -0.2) is 60.5 Å². The van der Waals surface area contributed by atoms with Crippen LogP contribution in [0.15, 0.2) is 36.7 Å². The molecule has 0 aliphatic heterocycles. The average Bonchev–Trinajstić information content (AvgIpc) is 3.26. The predicted octanol–water partition coefficient (Wildman–Crippen LogP) is 0.859. The van der Waals surface area contributed by atoms with Gasteiger partial charge in [-0.2, -0.15) is 4.98 Å². The Morgan fingerprint density at radius 2 is 2.15 bits per heavy atom. The van der Waals surface area contributed by atoms with Crippen molar-refractivity contribution in [1.82, 2.24) is 29.2 Å². The first-order valence-corrected chi connectivity index (χ1v) is 8.45. The number of rotatable bonds is 7. The monoisotopic (exact) mass is 370 g/mol. The summed E-state index contributed by atoms with van der Waals surface area (Å²) in [7, 11) is 5.13. The second-order valence-electron chi connectivity index (χ2n) is 6.03. The second kappa shape index (κ2) is 8.00. The first-order valence-electron chi connectivity index (χ1n) is 8.45. The lowest BCUT2D eigenvalue weighted by Crippen LogP contribution is -2.34. The van der Waals surface area contributed by atoms with Crippen molar-refractivity contribution in [1.29, 1.82) is 0 Å². The summed E-state index contributed by atoms with van der Waals surface area (Å²) in [6, 6.07) is 7.47. The third-order valence-corrected chi connectivity index (χ3v) is 4.18. The molecule has 9 heteroatoms. The summed E-state index contributed by atoms with van der Waals surface area (Å²) in [6.45, 7) is 0.392. The number of carbonyl (C=O) groups excluding carboxylic acids is 1. The van der Waals surface area contributed by atoms with Crippen LogP contribution in [0.25, 0.3) is 11.4 Å². The van der Waals surface area contributed by atoms with Crippen LogP contribution in [0.1, 0.15) is 16.2 Å². The number of carbonyl (C=O) groups is 1. The van der Waals surface area contributed by atoms with E-state index in [4.69, 9.17) is 4.74 Å². The maximum Gasteiger partial charge on any atom is 0.314 e. The number of amides is 1. The molecule has 3 aromatic rings. The molecule has 0 aliphatic rings. The Bertz CT molecular complexity index is 933. The van der Waals surface area contributed by atoms with Crippen LogP contribution in [0.4, 0.5) is 0 Å². The van der Waals surface area contributed by atoms with Crippen molar-refractivity contribution in [2.45, 2.75) is 6.54 Å². The summed E-state index contributed by atoms with van der Waals surface area (Å²) in [5, 5.41) is 13.7. The zero-order chi connectivity index (χ0) is 19.4. The first-order chi connectivity index (χ1) is 13.0. The van der Waals surface area contributed by atoms with Crippen LogP contribution < -0.4 is 4.74 Å². The average molecular weight is 370 g/mol. The van der Waals surface area contributed by atoms with Gasteiger partial charge >= 0.3 is 6.01 Å². The van der Waals surface area contributed by atoms with E-state index in [1.165, 1.54) is 11.8 Å². The van der Waals surface area contributed by atoms with E-state index in [9.17, 15) is 9.90 Å². The summed E-state index contributed by atoms with van der Waals surface area (Å²) in [6.07, 6.45) is 3.50. The van der Waals surface area contributed by atoms with Gasteiger partial charge < -0.3 is 19.3 Å². The Morgan fingerprint density at radius 3 is 2.78 bits per heavy atom. The third kappa shape index (κ3) is 3.98. The molecule has 27 heavy (non-hydrogen) atoms. The Hall–Kier alpha value is -3.20. The predicted molar refractivity (Wildman–Crippen MR) is 98.0 cm³/mol. The Morgan fingerprint density at radius 1 is 1.33 bits per heavy atom. The zero-order valence-corrected chi connectivity index (χ0v) is 15.5. The van der Waals surface area contributed by atoms with Crippen LogP contribution in [0.3, 0.4) is 0 Å². The Labute approximate surface area is 156 Å². The van der Waals surface area contributed by atoms with Crippen LogP contribution in [0.2, 0.25) is 0 Å². The normalized spacial score (nSPS) is 10.8. The quantitative estimate of drug-likeness (QED) is 0.662. The van der Waals surface area contributed by atoms with Crippen LogP contribution >= 0.6 is 0 Å². The number of aryl methyl sites for hydroxylation is 2. The van der Waals surface area contributed by atoms with E-state index in [1.807, 2.05) is 23.9 Å². The molecule has 0 radical (unpaired) electrons. The molecule has 1 aromatic carbocycles. The van der Waals surface area contributed by atoms with E-state index >= 15 is 0 Å². The van der Waals surface area contributed by atoms with Gasteiger partial charge in [0.25, 0.3) is 5.91 Å². The van der Waals surface area contributed by atoms with Crippen molar-refractivity contribution in [3.05, 3.63) is 48.0 Å². The summed E-state index contributed by atoms with van der Waals surface area (Å²) in [5.41, 5.74) is 1.20. The largest absolute Gasteiger partial charge is 0.467 e. The molecule has 0 aliphatic carbocycles. The SMILES string of the molecule is COc1nc(-c2cccc(C(=O)N(CCO)Cc3nccn3C)c2)nn1C. The Balaban J connectivity index is 1.87. The molecule has 2 aromatic heterocycles. The van der Waals surface area contributed by atoms with Crippen molar-refractivity contribution in [3.8, 4) is 17.4 Å². The fourth-order valence-electron chi connectivity index (χ4n) is 2.74. The zero-order valence-electron chi connectivity index (χ0n) is 15.5. The smallest absolute Gasteiger partial charge is 0.314 e. The summed E-state index contributed by atoms with van der Waals surface area (Å²) in [4.78, 5) is 23.1. The number of benzene rings is 1. The molecule has 0 atom stereocenters. The standard InChI is InChI=1S/C18H22N6O3/c1-22-8-7-19-15(22)12-24(9-10-25)17(26)14-6-4-5-13(11-14)16-20-18(27-3)23(2)21-16/h4-8,11,25H,9-10,12H2,1-3H3. The topological polar surface area (TPSA) is 98.3 Å². The fraction of sp³-hybridized carbons (Fsp3) is 0.333. The molecule has 142 valence electrons. The highest BCUT2D eigenvalue weighted by molar-refractivity contribution is 5.95. The summed E-state index contributed by atoms with van der Waals surface area (Å²) >= 11 is 0. The molecular weight excluding hydrogens is 348 g/mol. The minimum Gasteiger partial charge on any atom is -0.467 e. The number of aliphatic hydroxyl groups is 1. The van der Waals surface area contributed by atoms with E-state index in [2.05, 4.69) is 15.1 Å². The van der Waals surface area contributed by atoms with Crippen molar-refractivity contribution in [3.63, 3.8) is 0 Å². The number of ether oxygens (including phenoxy) is 1. The minimum absolute atomic E-state index is 0.130. The van der Waals surface area contributed by atoms with Gasteiger partial charge in [0.05, 0.1) is 20.3 Å². The highest BCUT2D eigenvalue weighted by Gasteiger charge is 2.19. The van der Waals surface area contributed by atoms with Crippen molar-refractivity contribution >= 4 is 5.91 Å². The van der Waals surface area contributed by atoms with Crippen LogP contribution in [0, 0.1) is 0 Å². The molecule has 2 heterocycles. The van der Waals surface area contributed by atoms with Crippen molar-refractivity contribution < 1.29 is 14.6 Å². The highest BCUT2D eigenvalue weighted by Crippen LogP contribution is 2.20. The molecule has 1 amide bonds. The van der Waals surface area contributed by atoms with Crippen LogP contribution in [0.5, 0.6) is 6.01 Å². The van der Waals surface area contributed by atoms with Gasteiger partial charge in [0.1, 0.15) is 5.82 Å². The van der Waals surface area contributed by atoms with Gasteiger partial charge in [-0.25, -0.2) is 9.67 Å². The molecule has 0 spiro atoms. The highest BCUT2D eigenvalue weighted by atomic mass is 16.5. The van der Waals surface area contributed by atoms with E-state index in [0.717, 1.165) is 5.82 Å². The number of hydrogen-bond donors (Lipinski definition) is 1. The van der Waals surface area contributed by atoms with Gasteiger partial charge in [0.15, 0.2) is 5.82 Å². The Kier molecular flexibility index (Phi) is 5.51. The number of nitrogens with zero attached hydrogens (tertiary/aromatic N) is 6. The van der Waals surface area contributed by atoms with E-state index in [1.54, 1.807) is 36.3 Å². The number of aromatic nitrogens is 5. The van der Waals surface area contributed by atoms with E-state index in [0.29, 0.717) is 29.5 Å². The molecule has 0 fully saturated rings. The van der Waals surface area contributed by atoms with Crippen molar-refractivity contribution in [2.24, 2.45) is 14.1 Å². The molecule has 0 saturated carbocycles. The molecule has 3 rings (SSSR count). The number of methoxy groups -OCH3 is 1. The molecule has 0 saturated heterocycles.